The van der Waals surface area contributed by atoms with Gasteiger partial charge in [0.2, 0.25) is 0 Å². The van der Waals surface area contributed by atoms with Crippen LogP contribution in [-0.2, 0) is 4.74 Å². The number of morpholine rings is 1. The molecule has 2 atom stereocenters. The zero-order valence-corrected chi connectivity index (χ0v) is 13.2. The third-order valence-corrected chi connectivity index (χ3v) is 5.81. The van der Waals surface area contributed by atoms with Gasteiger partial charge < -0.3 is 9.64 Å². The number of fused-ring (bicyclic) bond motifs is 1. The molecule has 110 valence electrons. The predicted molar refractivity (Wildman–Crippen MR) is 83.8 cm³/mol. The quantitative estimate of drug-likeness (QED) is 0.853. The van der Waals surface area contributed by atoms with Crippen molar-refractivity contribution >= 4 is 28.6 Å². The maximum Gasteiger partial charge on any atom is 0.273 e. The zero-order chi connectivity index (χ0) is 14.2. The fourth-order valence-corrected chi connectivity index (χ4v) is 4.72. The number of thiophene rings is 1. The topological polar surface area (TPSA) is 42.4 Å². The van der Waals surface area contributed by atoms with Crippen LogP contribution in [0.4, 0.5) is 0 Å². The minimum Gasteiger partial charge on any atom is -0.374 e. The normalized spacial score (nSPS) is 25.0. The number of aromatic nitrogens is 1. The average molecular weight is 320 g/mol. The summed E-state index contributed by atoms with van der Waals surface area (Å²) in [5.41, 5.74) is 1.68. The first-order valence-electron chi connectivity index (χ1n) is 7.23. The van der Waals surface area contributed by atoms with Crippen LogP contribution >= 0.6 is 22.7 Å². The predicted octanol–water partition coefficient (Wildman–Crippen LogP) is 3.27. The Morgan fingerprint density at radius 2 is 2.33 bits per heavy atom. The highest BCUT2D eigenvalue weighted by molar-refractivity contribution is 7.14. The van der Waals surface area contributed by atoms with E-state index >= 15 is 0 Å². The van der Waals surface area contributed by atoms with Crippen LogP contribution in [0.5, 0.6) is 0 Å². The lowest BCUT2D eigenvalue weighted by atomic mass is 10.1. The number of hydrogen-bond donors (Lipinski definition) is 0. The molecular weight excluding hydrogens is 304 g/mol. The maximum absolute atomic E-state index is 12.7. The molecule has 0 N–H and O–H groups in total. The van der Waals surface area contributed by atoms with E-state index in [2.05, 4.69) is 10.4 Å². The van der Waals surface area contributed by atoms with E-state index in [4.69, 9.17) is 4.74 Å². The van der Waals surface area contributed by atoms with E-state index in [1.807, 2.05) is 21.7 Å². The molecule has 2 fully saturated rings. The summed E-state index contributed by atoms with van der Waals surface area (Å²) >= 11 is 3.19. The first-order valence-corrected chi connectivity index (χ1v) is 9.06. The highest BCUT2D eigenvalue weighted by Gasteiger charge is 2.39. The van der Waals surface area contributed by atoms with Crippen molar-refractivity contribution in [2.45, 2.75) is 31.4 Å². The van der Waals surface area contributed by atoms with E-state index in [9.17, 15) is 4.79 Å². The lowest BCUT2D eigenvalue weighted by molar-refractivity contribution is -0.0447. The van der Waals surface area contributed by atoms with Crippen molar-refractivity contribution in [1.29, 1.82) is 0 Å². The van der Waals surface area contributed by atoms with Gasteiger partial charge in [-0.25, -0.2) is 4.98 Å². The van der Waals surface area contributed by atoms with E-state index in [0.29, 0.717) is 18.8 Å². The van der Waals surface area contributed by atoms with Gasteiger partial charge in [0.25, 0.3) is 5.91 Å². The molecule has 2 aliphatic rings. The number of ether oxygens (including phenoxy) is 1. The Hall–Kier alpha value is -1.24. The van der Waals surface area contributed by atoms with Crippen molar-refractivity contribution in [1.82, 2.24) is 9.88 Å². The standard InChI is InChI=1S/C15H16N2O2S2/c18-15(17-5-6-19-13-3-1-2-12(13)17)11-9-21-14(16-11)10-4-7-20-8-10/h4,7-9,12-13H,1-3,5-6H2/t12-,13+/m1/s1. The van der Waals surface area contributed by atoms with Crippen molar-refractivity contribution in [2.75, 3.05) is 13.2 Å². The Labute approximate surface area is 131 Å². The molecule has 0 unspecified atom stereocenters. The molecule has 6 heteroatoms. The maximum atomic E-state index is 12.7. The number of hydrogen-bond acceptors (Lipinski definition) is 5. The van der Waals surface area contributed by atoms with Crippen LogP contribution in [0.3, 0.4) is 0 Å². The van der Waals surface area contributed by atoms with Crippen LogP contribution in [0.2, 0.25) is 0 Å². The van der Waals surface area contributed by atoms with Crippen molar-refractivity contribution in [3.63, 3.8) is 0 Å². The molecule has 0 radical (unpaired) electrons. The van der Waals surface area contributed by atoms with Crippen molar-refractivity contribution in [3.8, 4) is 10.6 Å². The smallest absolute Gasteiger partial charge is 0.273 e. The van der Waals surface area contributed by atoms with Gasteiger partial charge in [0.05, 0.1) is 18.8 Å². The lowest BCUT2D eigenvalue weighted by Gasteiger charge is -2.37. The Morgan fingerprint density at radius 3 is 3.19 bits per heavy atom. The van der Waals surface area contributed by atoms with Crippen LogP contribution in [0.25, 0.3) is 10.6 Å². The monoisotopic (exact) mass is 320 g/mol. The Kier molecular flexibility index (Phi) is 3.52. The molecule has 4 rings (SSSR count). The summed E-state index contributed by atoms with van der Waals surface area (Å²) in [5, 5.41) is 6.91. The third kappa shape index (κ3) is 2.41. The second-order valence-electron chi connectivity index (χ2n) is 5.46. The van der Waals surface area contributed by atoms with Crippen LogP contribution in [0.15, 0.2) is 22.2 Å². The molecule has 2 aromatic rings. The van der Waals surface area contributed by atoms with Crippen molar-refractivity contribution in [2.24, 2.45) is 0 Å². The summed E-state index contributed by atoms with van der Waals surface area (Å²) < 4.78 is 5.77. The van der Waals surface area contributed by atoms with Gasteiger partial charge in [0.15, 0.2) is 0 Å². The fraction of sp³-hybridized carbons (Fsp3) is 0.467. The largest absolute Gasteiger partial charge is 0.374 e. The summed E-state index contributed by atoms with van der Waals surface area (Å²) in [6.07, 6.45) is 3.51. The molecule has 3 heterocycles. The van der Waals surface area contributed by atoms with Gasteiger partial charge >= 0.3 is 0 Å². The van der Waals surface area contributed by atoms with Gasteiger partial charge in [-0.05, 0) is 30.7 Å². The minimum atomic E-state index is 0.0629. The first kappa shape index (κ1) is 13.4. The van der Waals surface area contributed by atoms with Gasteiger partial charge in [-0.3, -0.25) is 4.79 Å². The van der Waals surface area contributed by atoms with E-state index < -0.39 is 0 Å². The van der Waals surface area contributed by atoms with Gasteiger partial charge in [-0.15, -0.1) is 11.3 Å². The fourth-order valence-electron chi connectivity index (χ4n) is 3.22. The number of carbonyl (C=O) groups is 1. The van der Waals surface area contributed by atoms with E-state index in [0.717, 1.165) is 29.8 Å². The molecule has 1 saturated carbocycles. The van der Waals surface area contributed by atoms with Crippen molar-refractivity contribution in [3.05, 3.63) is 27.9 Å². The van der Waals surface area contributed by atoms with E-state index in [1.54, 1.807) is 22.7 Å². The molecular formula is C15H16N2O2S2. The molecule has 1 amide bonds. The number of carbonyl (C=O) groups excluding carboxylic acids is 1. The second kappa shape index (κ2) is 5.51. The molecule has 1 saturated heterocycles. The first-order chi connectivity index (χ1) is 10.3. The number of amides is 1. The second-order valence-corrected chi connectivity index (χ2v) is 7.09. The summed E-state index contributed by atoms with van der Waals surface area (Å²) in [6.45, 7) is 1.33. The Balaban J connectivity index is 1.57. The number of nitrogens with zero attached hydrogens (tertiary/aromatic N) is 2. The molecule has 1 aliphatic heterocycles. The van der Waals surface area contributed by atoms with Gasteiger partial charge in [-0.2, -0.15) is 11.3 Å². The van der Waals surface area contributed by atoms with Gasteiger partial charge in [-0.1, -0.05) is 0 Å². The highest BCUT2D eigenvalue weighted by Crippen LogP contribution is 2.32. The number of thiazole rings is 1. The third-order valence-electron chi connectivity index (χ3n) is 4.23. The molecule has 1 aliphatic carbocycles. The molecule has 0 aromatic carbocycles. The van der Waals surface area contributed by atoms with Gasteiger partial charge in [0.1, 0.15) is 10.7 Å². The highest BCUT2D eigenvalue weighted by atomic mass is 32.1. The van der Waals surface area contributed by atoms with Crippen LogP contribution in [0.1, 0.15) is 29.8 Å². The summed E-state index contributed by atoms with van der Waals surface area (Å²) in [5.74, 6) is 0.0629. The summed E-state index contributed by atoms with van der Waals surface area (Å²) in [7, 11) is 0. The summed E-state index contributed by atoms with van der Waals surface area (Å²) in [4.78, 5) is 19.3. The molecule has 0 bridgehead atoms. The van der Waals surface area contributed by atoms with Crippen LogP contribution in [-0.4, -0.2) is 41.1 Å². The molecule has 21 heavy (non-hydrogen) atoms. The van der Waals surface area contributed by atoms with E-state index in [1.165, 1.54) is 0 Å². The average Bonchev–Trinajstić information content (AvgIpc) is 3.23. The summed E-state index contributed by atoms with van der Waals surface area (Å²) in [6, 6.07) is 2.29. The lowest BCUT2D eigenvalue weighted by Crippen LogP contribution is -2.51. The van der Waals surface area contributed by atoms with E-state index in [-0.39, 0.29) is 18.1 Å². The SMILES string of the molecule is O=C(c1csc(-c2ccsc2)n1)N1CCO[C@H]2CCC[C@H]21. The van der Waals surface area contributed by atoms with Crippen LogP contribution < -0.4 is 0 Å². The Bertz CT molecular complexity index is 638. The Morgan fingerprint density at radius 1 is 1.38 bits per heavy atom. The molecule has 2 aromatic heterocycles. The van der Waals surface area contributed by atoms with Gasteiger partial charge in [0, 0.05) is 22.9 Å². The molecule has 0 spiro atoms. The minimum absolute atomic E-state index is 0.0629. The van der Waals surface area contributed by atoms with Crippen LogP contribution in [0, 0.1) is 0 Å². The van der Waals surface area contributed by atoms with Crippen molar-refractivity contribution < 1.29 is 9.53 Å². The molecule has 4 nitrogen and oxygen atoms in total. The zero-order valence-electron chi connectivity index (χ0n) is 11.5. The number of rotatable bonds is 2.